The molecule has 0 aliphatic rings. The zero-order valence-corrected chi connectivity index (χ0v) is 13.1. The van der Waals surface area contributed by atoms with E-state index in [1.54, 1.807) is 0 Å². The summed E-state index contributed by atoms with van der Waals surface area (Å²) >= 11 is 3.52. The van der Waals surface area contributed by atoms with E-state index in [9.17, 15) is 5.26 Å². The van der Waals surface area contributed by atoms with Crippen molar-refractivity contribution in [3.8, 4) is 6.07 Å². The fourth-order valence-corrected chi connectivity index (χ4v) is 2.87. The maximum absolute atomic E-state index is 9.56. The first-order valence-corrected chi connectivity index (χ1v) is 7.41. The Labute approximate surface area is 132 Å². The topological polar surface area (TPSA) is 28.7 Å². The highest BCUT2D eigenvalue weighted by atomic mass is 79.9. The van der Waals surface area contributed by atoms with Gasteiger partial charge in [0.05, 0.1) is 11.6 Å². The first kappa shape index (κ1) is 13.7. The number of fused-ring (bicyclic) bond motifs is 1. The van der Waals surface area contributed by atoms with Crippen molar-refractivity contribution in [2.45, 2.75) is 0 Å². The number of nitriles is 1. The molecule has 21 heavy (non-hydrogen) atoms. The van der Waals surface area contributed by atoms with Crippen LogP contribution in [0.3, 0.4) is 0 Å². The molecule has 0 radical (unpaired) electrons. The predicted octanol–water partition coefficient (Wildman–Crippen LogP) is 5.00. The van der Waals surface area contributed by atoms with E-state index >= 15 is 0 Å². The molecule has 0 fully saturated rings. The molecule has 102 valence electrons. The summed E-state index contributed by atoms with van der Waals surface area (Å²) < 4.78 is 3.04. The minimum Gasteiger partial charge on any atom is -0.350 e. The van der Waals surface area contributed by atoms with Crippen LogP contribution in [-0.2, 0) is 7.05 Å². The van der Waals surface area contributed by atoms with Crippen molar-refractivity contribution in [1.82, 2.24) is 4.57 Å². The van der Waals surface area contributed by atoms with Crippen molar-refractivity contribution < 1.29 is 0 Å². The molecule has 0 aliphatic heterocycles. The molecule has 0 amide bonds. The lowest BCUT2D eigenvalue weighted by atomic mass is 10.0. The van der Waals surface area contributed by atoms with E-state index in [0.29, 0.717) is 5.57 Å². The maximum atomic E-state index is 9.56. The molecule has 3 heteroatoms. The third-order valence-electron chi connectivity index (χ3n) is 3.51. The van der Waals surface area contributed by atoms with E-state index in [1.807, 2.05) is 55.7 Å². The van der Waals surface area contributed by atoms with Crippen molar-refractivity contribution in [3.63, 3.8) is 0 Å². The van der Waals surface area contributed by atoms with Crippen molar-refractivity contribution in [3.05, 3.63) is 70.3 Å². The number of aryl methyl sites for hydroxylation is 1. The van der Waals surface area contributed by atoms with Gasteiger partial charge in [0.15, 0.2) is 0 Å². The molecule has 3 aromatic rings. The van der Waals surface area contributed by atoms with Gasteiger partial charge in [0.1, 0.15) is 0 Å². The first-order valence-electron chi connectivity index (χ1n) is 6.61. The Kier molecular flexibility index (Phi) is 3.64. The average molecular weight is 337 g/mol. The van der Waals surface area contributed by atoms with Crippen LogP contribution in [0.1, 0.15) is 11.1 Å². The summed E-state index contributed by atoms with van der Waals surface area (Å²) in [5, 5.41) is 10.7. The highest BCUT2D eigenvalue weighted by molar-refractivity contribution is 9.10. The van der Waals surface area contributed by atoms with Crippen LogP contribution < -0.4 is 0 Å². The van der Waals surface area contributed by atoms with Crippen molar-refractivity contribution in [1.29, 1.82) is 5.26 Å². The highest BCUT2D eigenvalue weighted by Crippen LogP contribution is 2.29. The second-order valence-corrected chi connectivity index (χ2v) is 5.72. The summed E-state index contributed by atoms with van der Waals surface area (Å²) in [5.74, 6) is 0. The smallest absolute Gasteiger partial charge is 0.0998 e. The van der Waals surface area contributed by atoms with Gasteiger partial charge in [0, 0.05) is 34.2 Å². The Bertz CT molecular complexity index is 882. The van der Waals surface area contributed by atoms with E-state index < -0.39 is 0 Å². The first-order chi connectivity index (χ1) is 10.2. The minimum absolute atomic E-state index is 0.665. The molecule has 0 saturated heterocycles. The van der Waals surface area contributed by atoms with Gasteiger partial charge in [0.2, 0.25) is 0 Å². The van der Waals surface area contributed by atoms with Crippen LogP contribution >= 0.6 is 15.9 Å². The number of allylic oxidation sites excluding steroid dienone is 1. The molecule has 0 saturated carbocycles. The van der Waals surface area contributed by atoms with Crippen LogP contribution in [-0.4, -0.2) is 4.57 Å². The van der Waals surface area contributed by atoms with E-state index in [1.165, 1.54) is 0 Å². The second-order valence-electron chi connectivity index (χ2n) is 4.86. The number of benzene rings is 2. The lowest BCUT2D eigenvalue weighted by Gasteiger charge is -2.00. The van der Waals surface area contributed by atoms with Gasteiger partial charge in [-0.2, -0.15) is 5.26 Å². The lowest BCUT2D eigenvalue weighted by Crippen LogP contribution is -1.83. The van der Waals surface area contributed by atoms with E-state index in [-0.39, 0.29) is 0 Å². The van der Waals surface area contributed by atoms with E-state index in [4.69, 9.17) is 0 Å². The summed E-state index contributed by atoms with van der Waals surface area (Å²) in [7, 11) is 2.00. The monoisotopic (exact) mass is 336 g/mol. The zero-order chi connectivity index (χ0) is 14.8. The maximum Gasteiger partial charge on any atom is 0.0998 e. The second kappa shape index (κ2) is 5.59. The van der Waals surface area contributed by atoms with Crippen molar-refractivity contribution in [2.24, 2.45) is 7.05 Å². The molecule has 0 spiro atoms. The predicted molar refractivity (Wildman–Crippen MR) is 90.5 cm³/mol. The van der Waals surface area contributed by atoms with Gasteiger partial charge >= 0.3 is 0 Å². The molecule has 1 aromatic heterocycles. The Balaban J connectivity index is 2.20. The number of aromatic nitrogens is 1. The highest BCUT2D eigenvalue weighted by Gasteiger charge is 2.10. The molecule has 3 rings (SSSR count). The van der Waals surface area contributed by atoms with Crippen LogP contribution in [0, 0.1) is 11.3 Å². The molecule has 0 unspecified atom stereocenters. The van der Waals surface area contributed by atoms with Gasteiger partial charge in [-0.05, 0) is 23.8 Å². The Morgan fingerprint density at radius 1 is 1.14 bits per heavy atom. The third-order valence-corrected chi connectivity index (χ3v) is 4.23. The molecule has 2 nitrogen and oxygen atoms in total. The van der Waals surface area contributed by atoms with Gasteiger partial charge < -0.3 is 4.57 Å². The van der Waals surface area contributed by atoms with Gasteiger partial charge in [-0.1, -0.05) is 52.3 Å². The Morgan fingerprint density at radius 2 is 1.86 bits per heavy atom. The number of para-hydroxylation sites is 1. The SMILES string of the molecule is Cn1cc(/C(C#N)=C\c2ccccc2Br)c2ccccc21. The van der Waals surface area contributed by atoms with Crippen LogP contribution in [0.25, 0.3) is 22.6 Å². The summed E-state index contributed by atoms with van der Waals surface area (Å²) in [6, 6.07) is 18.3. The average Bonchev–Trinajstić information content (AvgIpc) is 2.84. The van der Waals surface area contributed by atoms with E-state index in [0.717, 1.165) is 26.5 Å². The standard InChI is InChI=1S/C18H13BrN2/c1-21-12-16(15-7-3-5-9-18(15)21)14(11-20)10-13-6-2-4-8-17(13)19/h2-10,12H,1H3/b14-10-. The molecular weight excluding hydrogens is 324 g/mol. The normalized spacial score (nSPS) is 11.6. The van der Waals surface area contributed by atoms with Crippen molar-refractivity contribution in [2.75, 3.05) is 0 Å². The molecule has 0 N–H and O–H groups in total. The number of rotatable bonds is 2. The molecular formula is C18H13BrN2. The number of nitrogens with zero attached hydrogens (tertiary/aromatic N) is 2. The number of hydrogen-bond acceptors (Lipinski definition) is 1. The largest absolute Gasteiger partial charge is 0.350 e. The molecule has 1 heterocycles. The van der Waals surface area contributed by atoms with Gasteiger partial charge in [-0.3, -0.25) is 0 Å². The van der Waals surface area contributed by atoms with Crippen LogP contribution in [0.2, 0.25) is 0 Å². The van der Waals surface area contributed by atoms with Gasteiger partial charge in [0.25, 0.3) is 0 Å². The number of hydrogen-bond donors (Lipinski definition) is 0. The van der Waals surface area contributed by atoms with Gasteiger partial charge in [-0.25, -0.2) is 0 Å². The number of halogens is 1. The molecule has 2 aromatic carbocycles. The fourth-order valence-electron chi connectivity index (χ4n) is 2.47. The van der Waals surface area contributed by atoms with Crippen LogP contribution in [0.15, 0.2) is 59.2 Å². The molecule has 0 bridgehead atoms. The van der Waals surface area contributed by atoms with E-state index in [2.05, 4.69) is 38.7 Å². The zero-order valence-electron chi connectivity index (χ0n) is 11.5. The summed E-state index contributed by atoms with van der Waals surface area (Å²) in [4.78, 5) is 0. The Morgan fingerprint density at radius 3 is 2.62 bits per heavy atom. The fraction of sp³-hybridized carbons (Fsp3) is 0.0556. The molecule has 0 atom stereocenters. The summed E-state index contributed by atoms with van der Waals surface area (Å²) in [5.41, 5.74) is 3.76. The van der Waals surface area contributed by atoms with Crippen LogP contribution in [0.5, 0.6) is 0 Å². The summed E-state index contributed by atoms with van der Waals surface area (Å²) in [6.07, 6.45) is 3.93. The van der Waals surface area contributed by atoms with Gasteiger partial charge in [-0.15, -0.1) is 0 Å². The van der Waals surface area contributed by atoms with Crippen LogP contribution in [0.4, 0.5) is 0 Å². The lowest BCUT2D eigenvalue weighted by molar-refractivity contribution is 0.967. The molecule has 0 aliphatic carbocycles. The minimum atomic E-state index is 0.665. The van der Waals surface area contributed by atoms with Crippen molar-refractivity contribution >= 4 is 38.5 Å². The quantitative estimate of drug-likeness (QED) is 0.605. The Hall–Kier alpha value is -2.31. The third kappa shape index (κ3) is 2.51. The summed E-state index contributed by atoms with van der Waals surface area (Å²) in [6.45, 7) is 0.